The number of aromatic nitrogens is 3. The van der Waals surface area contributed by atoms with Crippen molar-refractivity contribution in [1.82, 2.24) is 14.5 Å². The summed E-state index contributed by atoms with van der Waals surface area (Å²) in [5.41, 5.74) is 0.879. The Labute approximate surface area is 134 Å². The molecule has 0 aliphatic heterocycles. The van der Waals surface area contributed by atoms with Gasteiger partial charge in [-0.25, -0.2) is 9.97 Å². The van der Waals surface area contributed by atoms with Gasteiger partial charge in [0, 0.05) is 17.5 Å². The lowest BCUT2D eigenvalue weighted by Crippen LogP contribution is -2.17. The van der Waals surface area contributed by atoms with E-state index >= 15 is 0 Å². The molecule has 0 radical (unpaired) electrons. The molecule has 8 heteroatoms. The zero-order chi connectivity index (χ0) is 15.9. The Hall–Kier alpha value is -2.09. The highest BCUT2D eigenvalue weighted by molar-refractivity contribution is 9.10. The molecule has 0 N–H and O–H groups in total. The number of nitrogens with zero attached hydrogens (tertiary/aromatic N) is 4. The Morgan fingerprint density at radius 3 is 2.73 bits per heavy atom. The Balaban J connectivity index is 2.26. The van der Waals surface area contributed by atoms with Gasteiger partial charge in [0.1, 0.15) is 11.6 Å². The van der Waals surface area contributed by atoms with E-state index in [9.17, 15) is 14.9 Å². The van der Waals surface area contributed by atoms with E-state index in [1.54, 1.807) is 11.5 Å². The van der Waals surface area contributed by atoms with Gasteiger partial charge < -0.3 is 4.57 Å². The van der Waals surface area contributed by atoms with Gasteiger partial charge in [-0.3, -0.25) is 14.9 Å². The Bertz CT molecular complexity index is 832. The van der Waals surface area contributed by atoms with Gasteiger partial charge in [0.15, 0.2) is 0 Å². The van der Waals surface area contributed by atoms with E-state index in [2.05, 4.69) is 25.9 Å². The zero-order valence-corrected chi connectivity index (χ0v) is 13.5. The van der Waals surface area contributed by atoms with Crippen LogP contribution in [0.5, 0.6) is 0 Å². The Kier molecular flexibility index (Phi) is 3.78. The van der Waals surface area contributed by atoms with Crippen molar-refractivity contribution in [3.8, 4) is 5.82 Å². The lowest BCUT2D eigenvalue weighted by atomic mass is 9.96. The van der Waals surface area contributed by atoms with E-state index in [4.69, 9.17) is 0 Å². The van der Waals surface area contributed by atoms with Crippen LogP contribution in [0.1, 0.15) is 29.9 Å². The third kappa shape index (κ3) is 2.54. The summed E-state index contributed by atoms with van der Waals surface area (Å²) >= 11 is 3.10. The Morgan fingerprint density at radius 2 is 2.00 bits per heavy atom. The van der Waals surface area contributed by atoms with Crippen molar-refractivity contribution in [2.75, 3.05) is 0 Å². The largest absolute Gasteiger partial charge is 0.333 e. The molecule has 0 amide bonds. The summed E-state index contributed by atoms with van der Waals surface area (Å²) < 4.78 is 1.69. The standard InChI is InChI=1S/C14H13BrN4O3/c1-8-16-11-5-3-2-4-9(11)14(17-8)18-6-10(15)13(20)12(7-18)19(21)22/h6-7H,2-5H2,1H3. The lowest BCUT2D eigenvalue weighted by Gasteiger charge is -2.19. The predicted molar refractivity (Wildman–Crippen MR) is 83.4 cm³/mol. The first kappa shape index (κ1) is 14.8. The van der Waals surface area contributed by atoms with E-state index in [-0.39, 0.29) is 4.47 Å². The van der Waals surface area contributed by atoms with E-state index < -0.39 is 16.0 Å². The lowest BCUT2D eigenvalue weighted by molar-refractivity contribution is -0.386. The van der Waals surface area contributed by atoms with Crippen LogP contribution >= 0.6 is 15.9 Å². The highest BCUT2D eigenvalue weighted by atomic mass is 79.9. The van der Waals surface area contributed by atoms with E-state index in [0.29, 0.717) is 11.6 Å². The van der Waals surface area contributed by atoms with Crippen LogP contribution in [-0.4, -0.2) is 19.5 Å². The van der Waals surface area contributed by atoms with Gasteiger partial charge in [0.05, 0.1) is 15.6 Å². The maximum Gasteiger partial charge on any atom is 0.333 e. The van der Waals surface area contributed by atoms with Crippen molar-refractivity contribution in [2.45, 2.75) is 32.6 Å². The van der Waals surface area contributed by atoms with Gasteiger partial charge in [0.2, 0.25) is 0 Å². The first-order chi connectivity index (χ1) is 10.5. The quantitative estimate of drug-likeness (QED) is 0.602. The number of pyridine rings is 1. The van der Waals surface area contributed by atoms with Gasteiger partial charge in [-0.05, 0) is 48.5 Å². The minimum absolute atomic E-state index is 0.141. The molecule has 7 nitrogen and oxygen atoms in total. The second kappa shape index (κ2) is 5.60. The van der Waals surface area contributed by atoms with Crippen molar-refractivity contribution >= 4 is 21.6 Å². The summed E-state index contributed by atoms with van der Waals surface area (Å²) in [4.78, 5) is 31.1. The number of hydrogen-bond donors (Lipinski definition) is 0. The SMILES string of the molecule is Cc1nc2c(c(-n3cc(Br)c(=O)c([N+](=O)[O-])c3)n1)CCCC2. The van der Waals surface area contributed by atoms with E-state index in [1.165, 1.54) is 12.4 Å². The maximum atomic E-state index is 11.8. The summed E-state index contributed by atoms with van der Waals surface area (Å²) in [7, 11) is 0. The predicted octanol–water partition coefficient (Wildman–Crippen LogP) is 2.49. The van der Waals surface area contributed by atoms with Crippen molar-refractivity contribution in [3.63, 3.8) is 0 Å². The minimum atomic E-state index is -0.676. The molecule has 1 aliphatic carbocycles. The van der Waals surface area contributed by atoms with Crippen LogP contribution in [0.4, 0.5) is 5.69 Å². The molecule has 1 aliphatic rings. The van der Waals surface area contributed by atoms with Crippen molar-refractivity contribution in [1.29, 1.82) is 0 Å². The smallest absolute Gasteiger partial charge is 0.300 e. The average molecular weight is 365 g/mol. The molecular weight excluding hydrogens is 352 g/mol. The molecule has 22 heavy (non-hydrogen) atoms. The monoisotopic (exact) mass is 364 g/mol. The molecular formula is C14H13BrN4O3. The fraction of sp³-hybridized carbons (Fsp3) is 0.357. The first-order valence-corrected chi connectivity index (χ1v) is 7.69. The fourth-order valence-corrected chi connectivity index (χ4v) is 3.12. The van der Waals surface area contributed by atoms with Crippen LogP contribution in [0.25, 0.3) is 5.82 Å². The molecule has 2 heterocycles. The fourth-order valence-electron chi connectivity index (χ4n) is 2.69. The molecule has 2 aromatic rings. The van der Waals surface area contributed by atoms with Crippen LogP contribution < -0.4 is 5.43 Å². The zero-order valence-electron chi connectivity index (χ0n) is 11.9. The number of rotatable bonds is 2. The number of fused-ring (bicyclic) bond motifs is 1. The summed E-state index contributed by atoms with van der Waals surface area (Å²) in [5, 5.41) is 11.1. The topological polar surface area (TPSA) is 90.9 Å². The highest BCUT2D eigenvalue weighted by Crippen LogP contribution is 2.25. The normalized spacial score (nSPS) is 13.7. The third-order valence-corrected chi connectivity index (χ3v) is 4.24. The molecule has 0 spiro atoms. The summed E-state index contributed by atoms with van der Waals surface area (Å²) in [5.74, 6) is 1.24. The van der Waals surface area contributed by atoms with Gasteiger partial charge in [-0.2, -0.15) is 0 Å². The number of nitro groups is 1. The summed E-state index contributed by atoms with van der Waals surface area (Å²) in [6, 6.07) is 0. The van der Waals surface area contributed by atoms with E-state index in [0.717, 1.165) is 36.9 Å². The van der Waals surface area contributed by atoms with Gasteiger partial charge in [0.25, 0.3) is 5.43 Å². The summed E-state index contributed by atoms with van der Waals surface area (Å²) in [6.07, 6.45) is 6.58. The molecule has 114 valence electrons. The van der Waals surface area contributed by atoms with Crippen LogP contribution in [0, 0.1) is 17.0 Å². The van der Waals surface area contributed by atoms with Crippen molar-refractivity contribution in [3.05, 3.63) is 54.3 Å². The third-order valence-electron chi connectivity index (χ3n) is 3.68. The molecule has 0 atom stereocenters. The molecule has 0 bridgehead atoms. The van der Waals surface area contributed by atoms with Crippen molar-refractivity contribution < 1.29 is 4.92 Å². The second-order valence-electron chi connectivity index (χ2n) is 5.21. The summed E-state index contributed by atoms with van der Waals surface area (Å²) in [6.45, 7) is 1.80. The maximum absolute atomic E-state index is 11.8. The van der Waals surface area contributed by atoms with Crippen LogP contribution in [0.3, 0.4) is 0 Å². The van der Waals surface area contributed by atoms with Crippen LogP contribution in [-0.2, 0) is 12.8 Å². The number of aryl methyl sites for hydroxylation is 2. The van der Waals surface area contributed by atoms with Gasteiger partial charge in [-0.15, -0.1) is 0 Å². The highest BCUT2D eigenvalue weighted by Gasteiger charge is 2.21. The average Bonchev–Trinajstić information content (AvgIpc) is 2.48. The Morgan fingerprint density at radius 1 is 1.27 bits per heavy atom. The molecule has 0 saturated carbocycles. The minimum Gasteiger partial charge on any atom is -0.300 e. The number of hydrogen-bond acceptors (Lipinski definition) is 5. The van der Waals surface area contributed by atoms with Gasteiger partial charge in [-0.1, -0.05) is 0 Å². The van der Waals surface area contributed by atoms with Crippen LogP contribution in [0.2, 0.25) is 0 Å². The second-order valence-corrected chi connectivity index (χ2v) is 6.07. The molecule has 2 aromatic heterocycles. The van der Waals surface area contributed by atoms with E-state index in [1.807, 2.05) is 0 Å². The molecule has 3 rings (SSSR count). The van der Waals surface area contributed by atoms with Gasteiger partial charge >= 0.3 is 5.69 Å². The first-order valence-electron chi connectivity index (χ1n) is 6.90. The number of halogens is 1. The molecule has 0 fully saturated rings. The molecule has 0 unspecified atom stereocenters. The van der Waals surface area contributed by atoms with Crippen LogP contribution in [0.15, 0.2) is 21.7 Å². The molecule has 0 saturated heterocycles. The molecule has 0 aromatic carbocycles. The van der Waals surface area contributed by atoms with Crippen molar-refractivity contribution in [2.24, 2.45) is 0 Å².